The minimum Gasteiger partial charge on any atom is -0.475 e. The van der Waals surface area contributed by atoms with Crippen LogP contribution < -0.4 is 4.74 Å². The van der Waals surface area contributed by atoms with Crippen LogP contribution in [0.25, 0.3) is 0 Å². The van der Waals surface area contributed by atoms with E-state index in [0.717, 1.165) is 0 Å². The summed E-state index contributed by atoms with van der Waals surface area (Å²) >= 11 is 0. The first-order valence-electron chi connectivity index (χ1n) is 4.15. The van der Waals surface area contributed by atoms with Gasteiger partial charge in [0.2, 0.25) is 5.76 Å². The third-order valence-corrected chi connectivity index (χ3v) is 1.69. The minimum absolute atomic E-state index is 0.125. The molecule has 6 nitrogen and oxygen atoms in total. The molecule has 78 valence electrons. The van der Waals surface area contributed by atoms with Gasteiger partial charge in [0.25, 0.3) is 5.95 Å². The Morgan fingerprint density at radius 3 is 2.93 bits per heavy atom. The molecular weight excluding hydrogens is 200 g/mol. The molecule has 0 radical (unpaired) electrons. The molecule has 1 N–H and O–H groups in total. The van der Waals surface area contributed by atoms with E-state index in [1.807, 2.05) is 0 Å². The standard InChI is InChI=1S/C9H8N2O4/c1-11-5-6(4-10-11)14-8-3-2-7(15-8)9(12)13/h2-5H,1H3,(H,12,13). The number of carboxylic acids is 1. The van der Waals surface area contributed by atoms with Gasteiger partial charge >= 0.3 is 5.97 Å². The molecule has 0 fully saturated rings. The summed E-state index contributed by atoms with van der Waals surface area (Å²) in [5.41, 5.74) is 0. The number of aromatic carboxylic acids is 1. The summed E-state index contributed by atoms with van der Waals surface area (Å²) in [6.45, 7) is 0. The van der Waals surface area contributed by atoms with Gasteiger partial charge in [-0.3, -0.25) is 4.68 Å². The number of ether oxygens (including phenoxy) is 1. The second kappa shape index (κ2) is 3.49. The van der Waals surface area contributed by atoms with E-state index in [1.54, 1.807) is 17.9 Å². The fourth-order valence-corrected chi connectivity index (χ4v) is 1.06. The summed E-state index contributed by atoms with van der Waals surface area (Å²) in [4.78, 5) is 10.5. The van der Waals surface area contributed by atoms with E-state index < -0.39 is 5.97 Å². The average Bonchev–Trinajstić information content (AvgIpc) is 2.76. The van der Waals surface area contributed by atoms with Crippen molar-refractivity contribution in [1.82, 2.24) is 9.78 Å². The highest BCUT2D eigenvalue weighted by Gasteiger charge is 2.10. The lowest BCUT2D eigenvalue weighted by Gasteiger charge is -1.95. The van der Waals surface area contributed by atoms with Gasteiger partial charge < -0.3 is 14.3 Å². The van der Waals surface area contributed by atoms with Crippen molar-refractivity contribution in [1.29, 1.82) is 0 Å². The summed E-state index contributed by atoms with van der Waals surface area (Å²) in [7, 11) is 1.75. The molecule has 2 aromatic heterocycles. The molecule has 0 saturated carbocycles. The number of aryl methyl sites for hydroxylation is 1. The van der Waals surface area contributed by atoms with Gasteiger partial charge in [0.05, 0.1) is 12.4 Å². The van der Waals surface area contributed by atoms with Crippen molar-refractivity contribution in [2.24, 2.45) is 7.05 Å². The molecule has 0 bridgehead atoms. The normalized spacial score (nSPS) is 10.2. The second-order valence-electron chi connectivity index (χ2n) is 2.88. The smallest absolute Gasteiger partial charge is 0.371 e. The lowest BCUT2D eigenvalue weighted by Crippen LogP contribution is -1.91. The van der Waals surface area contributed by atoms with Crippen LogP contribution in [0.1, 0.15) is 10.6 Å². The van der Waals surface area contributed by atoms with E-state index in [-0.39, 0.29) is 11.7 Å². The highest BCUT2D eigenvalue weighted by Crippen LogP contribution is 2.22. The number of hydrogen-bond acceptors (Lipinski definition) is 4. The fourth-order valence-electron chi connectivity index (χ4n) is 1.06. The Labute approximate surface area is 84.7 Å². The molecule has 0 aliphatic heterocycles. The Morgan fingerprint density at radius 2 is 2.40 bits per heavy atom. The summed E-state index contributed by atoms with van der Waals surface area (Å²) in [5, 5.41) is 12.5. The molecule has 2 aromatic rings. The van der Waals surface area contributed by atoms with Crippen molar-refractivity contribution in [2.75, 3.05) is 0 Å². The van der Waals surface area contributed by atoms with Crippen LogP contribution in [0.4, 0.5) is 0 Å². The Bertz CT molecular complexity index is 486. The molecule has 0 unspecified atom stereocenters. The number of furan rings is 1. The van der Waals surface area contributed by atoms with E-state index in [0.29, 0.717) is 5.75 Å². The maximum absolute atomic E-state index is 10.5. The molecule has 15 heavy (non-hydrogen) atoms. The summed E-state index contributed by atoms with van der Waals surface area (Å²) < 4.78 is 11.7. The minimum atomic E-state index is -1.13. The van der Waals surface area contributed by atoms with Gasteiger partial charge in [0, 0.05) is 13.1 Å². The van der Waals surface area contributed by atoms with E-state index in [2.05, 4.69) is 5.10 Å². The number of aromatic nitrogens is 2. The van der Waals surface area contributed by atoms with Gasteiger partial charge in [0.15, 0.2) is 5.75 Å². The maximum atomic E-state index is 10.5. The molecule has 0 amide bonds. The molecule has 0 aliphatic rings. The molecule has 0 aliphatic carbocycles. The molecule has 0 aromatic carbocycles. The number of carbonyl (C=O) groups is 1. The summed E-state index contributed by atoms with van der Waals surface area (Å²) in [6.07, 6.45) is 3.14. The van der Waals surface area contributed by atoms with Crippen molar-refractivity contribution in [3.05, 3.63) is 30.3 Å². The van der Waals surface area contributed by atoms with Gasteiger partial charge in [-0.1, -0.05) is 0 Å². The maximum Gasteiger partial charge on any atom is 0.371 e. The quantitative estimate of drug-likeness (QED) is 0.826. The molecule has 0 atom stereocenters. The van der Waals surface area contributed by atoms with Crippen molar-refractivity contribution >= 4 is 5.97 Å². The highest BCUT2D eigenvalue weighted by molar-refractivity contribution is 5.84. The zero-order valence-electron chi connectivity index (χ0n) is 7.88. The molecule has 0 spiro atoms. The molecule has 0 saturated heterocycles. The van der Waals surface area contributed by atoms with Crippen LogP contribution in [0.15, 0.2) is 28.9 Å². The SMILES string of the molecule is Cn1cc(Oc2ccc(C(=O)O)o2)cn1. The Morgan fingerprint density at radius 1 is 1.60 bits per heavy atom. The predicted octanol–water partition coefficient (Wildman–Crippen LogP) is 1.50. The lowest BCUT2D eigenvalue weighted by atomic mass is 10.5. The molecule has 2 rings (SSSR count). The topological polar surface area (TPSA) is 77.5 Å². The van der Waals surface area contributed by atoms with Crippen LogP contribution in [0.2, 0.25) is 0 Å². The largest absolute Gasteiger partial charge is 0.475 e. The third kappa shape index (κ3) is 1.98. The molecular formula is C9H8N2O4. The van der Waals surface area contributed by atoms with Gasteiger partial charge in [-0.25, -0.2) is 4.79 Å². The first-order chi connectivity index (χ1) is 7.15. The van der Waals surface area contributed by atoms with Crippen LogP contribution in [-0.2, 0) is 7.05 Å². The van der Waals surface area contributed by atoms with Gasteiger partial charge in [-0.2, -0.15) is 5.10 Å². The van der Waals surface area contributed by atoms with Crippen LogP contribution in [0.5, 0.6) is 11.7 Å². The van der Waals surface area contributed by atoms with Crippen molar-refractivity contribution in [3.63, 3.8) is 0 Å². The van der Waals surface area contributed by atoms with E-state index >= 15 is 0 Å². The van der Waals surface area contributed by atoms with E-state index in [1.165, 1.54) is 18.3 Å². The highest BCUT2D eigenvalue weighted by atomic mass is 16.6. The van der Waals surface area contributed by atoms with Crippen molar-refractivity contribution in [3.8, 4) is 11.7 Å². The van der Waals surface area contributed by atoms with Crippen LogP contribution in [0, 0.1) is 0 Å². The zero-order valence-corrected chi connectivity index (χ0v) is 7.88. The number of rotatable bonds is 3. The van der Waals surface area contributed by atoms with Crippen LogP contribution in [-0.4, -0.2) is 20.9 Å². The van der Waals surface area contributed by atoms with Gasteiger partial charge in [-0.05, 0) is 6.07 Å². The first-order valence-corrected chi connectivity index (χ1v) is 4.15. The summed E-state index contributed by atoms with van der Waals surface area (Å²) in [6, 6.07) is 2.77. The van der Waals surface area contributed by atoms with Gasteiger partial charge in [-0.15, -0.1) is 0 Å². The average molecular weight is 208 g/mol. The Hall–Kier alpha value is -2.24. The second-order valence-corrected chi connectivity index (χ2v) is 2.88. The first kappa shape index (κ1) is 9.32. The van der Waals surface area contributed by atoms with Crippen molar-refractivity contribution in [2.45, 2.75) is 0 Å². The van der Waals surface area contributed by atoms with E-state index in [4.69, 9.17) is 14.3 Å². The number of carboxylic acid groups (broad SMARTS) is 1. The Balaban J connectivity index is 2.14. The zero-order chi connectivity index (χ0) is 10.8. The summed E-state index contributed by atoms with van der Waals surface area (Å²) in [5.74, 6) is -0.672. The fraction of sp³-hybridized carbons (Fsp3) is 0.111. The van der Waals surface area contributed by atoms with Crippen LogP contribution in [0.3, 0.4) is 0 Å². The predicted molar refractivity (Wildman–Crippen MR) is 48.9 cm³/mol. The molecule has 2 heterocycles. The molecule has 6 heteroatoms. The van der Waals surface area contributed by atoms with Crippen LogP contribution >= 0.6 is 0 Å². The van der Waals surface area contributed by atoms with Gasteiger partial charge in [0.1, 0.15) is 0 Å². The third-order valence-electron chi connectivity index (χ3n) is 1.69. The van der Waals surface area contributed by atoms with Crippen molar-refractivity contribution < 1.29 is 19.1 Å². The Kier molecular flexibility index (Phi) is 2.17. The van der Waals surface area contributed by atoms with E-state index in [9.17, 15) is 4.79 Å². The lowest BCUT2D eigenvalue weighted by molar-refractivity contribution is 0.0657. The number of nitrogens with zero attached hydrogens (tertiary/aromatic N) is 2. The number of hydrogen-bond donors (Lipinski definition) is 1. The monoisotopic (exact) mass is 208 g/mol.